The van der Waals surface area contributed by atoms with Crippen LogP contribution in [0.1, 0.15) is 17.3 Å². The number of esters is 1. The van der Waals surface area contributed by atoms with Crippen molar-refractivity contribution in [3.05, 3.63) is 53.3 Å². The van der Waals surface area contributed by atoms with Crippen LogP contribution in [0, 0.1) is 17.5 Å². The maximum absolute atomic E-state index is 13.6. The van der Waals surface area contributed by atoms with Crippen LogP contribution in [0.3, 0.4) is 0 Å². The van der Waals surface area contributed by atoms with Gasteiger partial charge in [-0.05, 0) is 37.3 Å². The zero-order valence-corrected chi connectivity index (χ0v) is 16.8. The zero-order valence-electron chi connectivity index (χ0n) is 16.8. The van der Waals surface area contributed by atoms with Gasteiger partial charge in [-0.1, -0.05) is 0 Å². The van der Waals surface area contributed by atoms with Gasteiger partial charge in [0.15, 0.2) is 35.1 Å². The van der Waals surface area contributed by atoms with Crippen LogP contribution in [0.25, 0.3) is 0 Å². The first kappa shape index (κ1) is 23.5. The summed E-state index contributed by atoms with van der Waals surface area (Å²) >= 11 is 0. The lowest BCUT2D eigenvalue weighted by Gasteiger charge is -2.14. The van der Waals surface area contributed by atoms with Gasteiger partial charge in [0, 0.05) is 0 Å². The van der Waals surface area contributed by atoms with Crippen molar-refractivity contribution in [2.75, 3.05) is 26.1 Å². The SMILES string of the molecule is COc1ccc(C(=O)OC(C)C(=O)NCC(=O)Nc2ccc(F)c(F)c2F)cc1OC. The van der Waals surface area contributed by atoms with Crippen molar-refractivity contribution < 1.29 is 41.8 Å². The molecule has 1 unspecified atom stereocenters. The van der Waals surface area contributed by atoms with Gasteiger partial charge in [0.05, 0.1) is 32.0 Å². The van der Waals surface area contributed by atoms with Gasteiger partial charge in [-0.2, -0.15) is 0 Å². The van der Waals surface area contributed by atoms with Crippen molar-refractivity contribution >= 4 is 23.5 Å². The first-order chi connectivity index (χ1) is 14.7. The molecule has 0 saturated carbocycles. The molecule has 0 aliphatic rings. The van der Waals surface area contributed by atoms with Gasteiger partial charge in [0.1, 0.15) is 0 Å². The second-order valence-electron chi connectivity index (χ2n) is 6.11. The second-order valence-corrected chi connectivity index (χ2v) is 6.11. The van der Waals surface area contributed by atoms with Crippen molar-refractivity contribution in [3.63, 3.8) is 0 Å². The fraction of sp³-hybridized carbons (Fsp3) is 0.250. The summed E-state index contributed by atoms with van der Waals surface area (Å²) in [4.78, 5) is 36.1. The van der Waals surface area contributed by atoms with E-state index in [2.05, 4.69) is 5.32 Å². The molecule has 11 heteroatoms. The minimum Gasteiger partial charge on any atom is -0.493 e. The van der Waals surface area contributed by atoms with Crippen molar-refractivity contribution in [2.24, 2.45) is 0 Å². The number of methoxy groups -OCH3 is 2. The maximum atomic E-state index is 13.6. The average Bonchev–Trinajstić information content (AvgIpc) is 2.77. The minimum absolute atomic E-state index is 0.101. The largest absolute Gasteiger partial charge is 0.493 e. The number of halogens is 3. The van der Waals surface area contributed by atoms with Gasteiger partial charge >= 0.3 is 5.97 Å². The number of carbonyl (C=O) groups excluding carboxylic acids is 3. The molecule has 2 aromatic rings. The van der Waals surface area contributed by atoms with Gasteiger partial charge in [0.2, 0.25) is 5.91 Å². The Kier molecular flexibility index (Phi) is 7.83. The summed E-state index contributed by atoms with van der Waals surface area (Å²) < 4.78 is 54.8. The molecular weight excluding hydrogens is 421 g/mol. The number of rotatable bonds is 8. The Morgan fingerprint density at radius 2 is 1.65 bits per heavy atom. The van der Waals surface area contributed by atoms with Crippen molar-refractivity contribution in [1.29, 1.82) is 0 Å². The number of amides is 2. The van der Waals surface area contributed by atoms with Gasteiger partial charge in [-0.3, -0.25) is 9.59 Å². The maximum Gasteiger partial charge on any atom is 0.339 e. The average molecular weight is 440 g/mol. The standard InChI is InChI=1S/C20H19F3N2O6/c1-10(31-20(28)11-4-7-14(29-2)15(8-11)30-3)19(27)24-9-16(26)25-13-6-5-12(21)17(22)18(13)23/h4-8,10H,9H2,1-3H3,(H,24,27)(H,25,26). The fourth-order valence-corrected chi connectivity index (χ4v) is 2.37. The van der Waals surface area contributed by atoms with E-state index in [9.17, 15) is 27.6 Å². The smallest absolute Gasteiger partial charge is 0.339 e. The van der Waals surface area contributed by atoms with Crippen LogP contribution in [-0.4, -0.2) is 44.7 Å². The first-order valence-corrected chi connectivity index (χ1v) is 8.82. The topological polar surface area (TPSA) is 103 Å². The van der Waals surface area contributed by atoms with Crippen LogP contribution in [0.2, 0.25) is 0 Å². The first-order valence-electron chi connectivity index (χ1n) is 8.82. The molecule has 0 aromatic heterocycles. The lowest BCUT2D eigenvalue weighted by atomic mass is 10.2. The van der Waals surface area contributed by atoms with E-state index >= 15 is 0 Å². The molecule has 0 spiro atoms. The number of nitrogens with one attached hydrogen (secondary N) is 2. The van der Waals surface area contributed by atoms with Gasteiger partial charge in [-0.25, -0.2) is 18.0 Å². The molecule has 0 saturated heterocycles. The number of anilines is 1. The molecule has 1 atom stereocenters. The Morgan fingerprint density at radius 3 is 2.29 bits per heavy atom. The number of hydrogen-bond donors (Lipinski definition) is 2. The molecule has 0 radical (unpaired) electrons. The Balaban J connectivity index is 1.90. The molecule has 0 fully saturated rings. The third kappa shape index (κ3) is 5.87. The Hall–Kier alpha value is -3.76. The van der Waals surface area contributed by atoms with Crippen LogP contribution >= 0.6 is 0 Å². The fourth-order valence-electron chi connectivity index (χ4n) is 2.37. The molecule has 2 N–H and O–H groups in total. The zero-order chi connectivity index (χ0) is 23.1. The van der Waals surface area contributed by atoms with Gasteiger partial charge < -0.3 is 24.8 Å². The normalized spacial score (nSPS) is 11.3. The number of ether oxygens (including phenoxy) is 3. The molecule has 0 aliphatic carbocycles. The van der Waals surface area contributed by atoms with E-state index < -0.39 is 53.6 Å². The summed E-state index contributed by atoms with van der Waals surface area (Å²) in [6.45, 7) is 0.649. The minimum atomic E-state index is -1.74. The highest BCUT2D eigenvalue weighted by Crippen LogP contribution is 2.28. The van der Waals surface area contributed by atoms with E-state index in [1.54, 1.807) is 0 Å². The third-order valence-electron chi connectivity index (χ3n) is 4.00. The molecule has 0 bridgehead atoms. The molecule has 0 heterocycles. The molecule has 0 aliphatic heterocycles. The third-order valence-corrected chi connectivity index (χ3v) is 4.00. The monoisotopic (exact) mass is 440 g/mol. The Morgan fingerprint density at radius 1 is 0.968 bits per heavy atom. The molecule has 31 heavy (non-hydrogen) atoms. The highest BCUT2D eigenvalue weighted by atomic mass is 19.2. The highest BCUT2D eigenvalue weighted by molar-refractivity contribution is 5.96. The summed E-state index contributed by atoms with van der Waals surface area (Å²) in [5, 5.41) is 4.18. The summed E-state index contributed by atoms with van der Waals surface area (Å²) in [5.74, 6) is -6.57. The van der Waals surface area contributed by atoms with Crippen LogP contribution in [0.5, 0.6) is 11.5 Å². The number of carbonyl (C=O) groups is 3. The summed E-state index contributed by atoms with van der Waals surface area (Å²) in [5.41, 5.74) is -0.491. The van der Waals surface area contributed by atoms with Gasteiger partial charge in [0.25, 0.3) is 5.91 Å². The lowest BCUT2D eigenvalue weighted by molar-refractivity contribution is -0.130. The number of benzene rings is 2. The van der Waals surface area contributed by atoms with E-state index in [-0.39, 0.29) is 11.3 Å². The van der Waals surface area contributed by atoms with Crippen LogP contribution in [0.15, 0.2) is 30.3 Å². The Labute approximate surface area is 175 Å². The van der Waals surface area contributed by atoms with E-state index in [1.165, 1.54) is 39.3 Å². The van der Waals surface area contributed by atoms with Crippen LogP contribution in [0.4, 0.5) is 18.9 Å². The summed E-state index contributed by atoms with van der Waals surface area (Å²) in [6, 6.07) is 5.75. The quantitative estimate of drug-likeness (QED) is 0.483. The molecule has 2 amide bonds. The van der Waals surface area contributed by atoms with Crippen molar-refractivity contribution in [1.82, 2.24) is 5.32 Å². The van der Waals surface area contributed by atoms with Crippen molar-refractivity contribution in [3.8, 4) is 11.5 Å². The lowest BCUT2D eigenvalue weighted by Crippen LogP contribution is -2.40. The Bertz CT molecular complexity index is 999. The summed E-state index contributed by atoms with van der Waals surface area (Å²) in [6.07, 6.45) is -1.27. The van der Waals surface area contributed by atoms with Crippen molar-refractivity contribution in [2.45, 2.75) is 13.0 Å². The van der Waals surface area contributed by atoms with E-state index in [0.29, 0.717) is 11.8 Å². The highest BCUT2D eigenvalue weighted by Gasteiger charge is 2.21. The van der Waals surface area contributed by atoms with Crippen LogP contribution in [-0.2, 0) is 14.3 Å². The molecule has 2 rings (SSSR count). The van der Waals surface area contributed by atoms with Gasteiger partial charge in [-0.15, -0.1) is 0 Å². The predicted octanol–water partition coefficient (Wildman–Crippen LogP) is 2.42. The molecule has 2 aromatic carbocycles. The van der Waals surface area contributed by atoms with E-state index in [4.69, 9.17) is 14.2 Å². The molecule has 166 valence electrons. The molecule has 8 nitrogen and oxygen atoms in total. The van der Waals surface area contributed by atoms with E-state index in [1.807, 2.05) is 5.32 Å². The van der Waals surface area contributed by atoms with E-state index in [0.717, 1.165) is 6.07 Å². The number of hydrogen-bond acceptors (Lipinski definition) is 6. The second kappa shape index (κ2) is 10.3. The molecular formula is C20H19F3N2O6. The summed E-state index contributed by atoms with van der Waals surface area (Å²) in [7, 11) is 2.82. The van der Waals surface area contributed by atoms with Crippen LogP contribution < -0.4 is 20.1 Å². The predicted molar refractivity (Wildman–Crippen MR) is 102 cm³/mol.